The molecule has 0 atom stereocenters. The quantitative estimate of drug-likeness (QED) is 0.401. The molecule has 0 aromatic heterocycles. The molecule has 0 saturated carbocycles. The van der Waals surface area contributed by atoms with Crippen LogP contribution in [-0.2, 0) is 0 Å². The highest BCUT2D eigenvalue weighted by atomic mass is 15.3. The average Bonchev–Trinajstić information content (AvgIpc) is 1.64. The molecule has 0 aliphatic rings. The number of hydrogen-bond acceptors (Lipinski definition) is 0. The van der Waals surface area contributed by atoms with Crippen LogP contribution in [0.15, 0.2) is 0 Å². The van der Waals surface area contributed by atoms with E-state index in [0.717, 1.165) is 30.7 Å². The molecular weight excluding hydrogens is 114 g/mol. The van der Waals surface area contributed by atoms with Crippen LogP contribution in [0.1, 0.15) is 0 Å². The highest BCUT2D eigenvalue weighted by Crippen LogP contribution is 1.90. The van der Waals surface area contributed by atoms with E-state index < -0.39 is 0 Å². The molecule has 0 aliphatic carbocycles. The third-order valence-corrected chi connectivity index (χ3v) is 1.53. The highest BCUT2D eigenvalue weighted by Gasteiger charge is 2.12. The van der Waals surface area contributed by atoms with Gasteiger partial charge in [0.1, 0.15) is 26.2 Å². The van der Waals surface area contributed by atoms with Gasteiger partial charge < -0.3 is 16.0 Å². The first kappa shape index (κ1) is 8.88. The Morgan fingerprint density at radius 3 is 1.56 bits per heavy atom. The second-order valence-electron chi connectivity index (χ2n) is 3.09. The van der Waals surface area contributed by atoms with Crippen LogP contribution in [0, 0.1) is 0 Å². The first-order valence-corrected chi connectivity index (χ1v) is 3.53. The lowest BCUT2D eigenvalue weighted by molar-refractivity contribution is -0.900. The molecule has 3 nitrogen and oxygen atoms in total. The first-order chi connectivity index (χ1) is 4.12. The summed E-state index contributed by atoms with van der Waals surface area (Å²) < 4.78 is 1.06. The second-order valence-corrected chi connectivity index (χ2v) is 3.09. The molecule has 3 heteroatoms. The van der Waals surface area contributed by atoms with Crippen LogP contribution in [0.2, 0.25) is 0 Å². The van der Waals surface area contributed by atoms with Crippen LogP contribution in [0.3, 0.4) is 0 Å². The van der Waals surface area contributed by atoms with Crippen LogP contribution in [0.25, 0.3) is 0 Å². The summed E-state index contributed by atoms with van der Waals surface area (Å²) in [7, 11) is 4.44. The van der Waals surface area contributed by atoms with Gasteiger partial charge >= 0.3 is 0 Å². The molecule has 0 bridgehead atoms. The summed E-state index contributed by atoms with van der Waals surface area (Å²) >= 11 is 0. The Labute approximate surface area is 57.2 Å². The maximum absolute atomic E-state index is 3.82. The largest absolute Gasteiger partial charge is 0.353 e. The molecule has 6 N–H and O–H groups in total. The topological polar surface area (TPSA) is 55.3 Å². The Morgan fingerprint density at radius 2 is 1.33 bits per heavy atom. The van der Waals surface area contributed by atoms with Crippen LogP contribution in [0.5, 0.6) is 0 Å². The van der Waals surface area contributed by atoms with Gasteiger partial charge in [-0.2, -0.15) is 0 Å². The van der Waals surface area contributed by atoms with Crippen molar-refractivity contribution in [2.45, 2.75) is 0 Å². The monoisotopic (exact) mass is 134 g/mol. The predicted octanol–water partition coefficient (Wildman–Crippen LogP) is -2.45. The average molecular weight is 134 g/mol. The van der Waals surface area contributed by atoms with Crippen molar-refractivity contribution in [1.29, 1.82) is 0 Å². The summed E-state index contributed by atoms with van der Waals surface area (Å²) in [4.78, 5) is 0. The van der Waals surface area contributed by atoms with E-state index >= 15 is 0 Å². The van der Waals surface area contributed by atoms with E-state index in [2.05, 4.69) is 25.6 Å². The molecule has 0 aliphatic heterocycles. The van der Waals surface area contributed by atoms with Gasteiger partial charge in [-0.3, -0.25) is 0 Å². The van der Waals surface area contributed by atoms with E-state index in [-0.39, 0.29) is 0 Å². The van der Waals surface area contributed by atoms with E-state index in [1.807, 2.05) is 0 Å². The van der Waals surface area contributed by atoms with Crippen LogP contribution in [0.4, 0.5) is 0 Å². The van der Waals surface area contributed by atoms with E-state index in [9.17, 15) is 0 Å². The Kier molecular flexibility index (Phi) is 3.77. The number of hydrogen-bond donors (Lipinski definition) is 2. The van der Waals surface area contributed by atoms with Crippen molar-refractivity contribution in [3.8, 4) is 0 Å². The molecule has 0 aromatic rings. The minimum Gasteiger partial charge on any atom is -0.353 e. The second kappa shape index (κ2) is 3.82. The van der Waals surface area contributed by atoms with Gasteiger partial charge in [0.15, 0.2) is 0 Å². The number of likely N-dealkylation sites (N-methyl/N-ethyl adjacent to an activating group) is 1. The van der Waals surface area contributed by atoms with E-state index in [0.29, 0.717) is 0 Å². The number of quaternary nitrogens is 3. The fraction of sp³-hybridized carbons (Fsp3) is 1.00. The Morgan fingerprint density at radius 1 is 1.00 bits per heavy atom. The lowest BCUT2D eigenvalue weighted by Crippen LogP contribution is -2.63. The van der Waals surface area contributed by atoms with Gasteiger partial charge in [-0.05, 0) is 0 Å². The summed E-state index contributed by atoms with van der Waals surface area (Å²) in [5, 5.41) is 0. The van der Waals surface area contributed by atoms with Crippen molar-refractivity contribution in [3.63, 3.8) is 0 Å². The maximum atomic E-state index is 3.82. The molecule has 0 saturated heterocycles. The van der Waals surface area contributed by atoms with Crippen molar-refractivity contribution < 1.29 is 16.0 Å². The standard InChI is InChI=1S/C6H18N3/c1-9(2,5-3-7)6-4-8/h3-8H2,1-2H3/q+1/p+2. The minimum atomic E-state index is 1.02. The zero-order chi connectivity index (χ0) is 7.33. The molecule has 0 spiro atoms. The first-order valence-electron chi connectivity index (χ1n) is 3.53. The summed E-state index contributed by atoms with van der Waals surface area (Å²) in [6, 6.07) is 0. The zero-order valence-corrected chi connectivity index (χ0v) is 6.69. The van der Waals surface area contributed by atoms with Crippen LogP contribution in [-0.4, -0.2) is 44.8 Å². The summed E-state index contributed by atoms with van der Waals surface area (Å²) in [5.41, 5.74) is 7.63. The summed E-state index contributed by atoms with van der Waals surface area (Å²) in [5.74, 6) is 0. The molecule has 56 valence electrons. The molecule has 0 amide bonds. The van der Waals surface area contributed by atoms with Gasteiger partial charge in [-0.25, -0.2) is 0 Å². The lowest BCUT2D eigenvalue weighted by atomic mass is 10.4. The van der Waals surface area contributed by atoms with Crippen molar-refractivity contribution >= 4 is 0 Å². The highest BCUT2D eigenvalue weighted by molar-refractivity contribution is 4.28. The molecule has 0 rings (SSSR count). The van der Waals surface area contributed by atoms with Gasteiger partial charge in [0.25, 0.3) is 0 Å². The van der Waals surface area contributed by atoms with E-state index in [4.69, 9.17) is 0 Å². The van der Waals surface area contributed by atoms with E-state index in [1.54, 1.807) is 0 Å². The van der Waals surface area contributed by atoms with Crippen molar-refractivity contribution in [2.24, 2.45) is 0 Å². The Balaban J connectivity index is 3.43. The van der Waals surface area contributed by atoms with Gasteiger partial charge in [0.05, 0.1) is 14.1 Å². The molecule has 0 radical (unpaired) electrons. The number of nitrogens with zero attached hydrogens (tertiary/aromatic N) is 1. The van der Waals surface area contributed by atoms with Gasteiger partial charge in [-0.1, -0.05) is 0 Å². The molecule has 0 unspecified atom stereocenters. The normalized spacial score (nSPS) is 12.0. The third-order valence-electron chi connectivity index (χ3n) is 1.53. The molecular formula is C6H20N3+3. The van der Waals surface area contributed by atoms with Crippen molar-refractivity contribution in [1.82, 2.24) is 0 Å². The lowest BCUT2D eigenvalue weighted by Gasteiger charge is -2.26. The minimum absolute atomic E-state index is 1.02. The fourth-order valence-corrected chi connectivity index (χ4v) is 0.968. The van der Waals surface area contributed by atoms with Gasteiger partial charge in [0.2, 0.25) is 0 Å². The van der Waals surface area contributed by atoms with E-state index in [1.165, 1.54) is 0 Å². The van der Waals surface area contributed by atoms with Crippen LogP contribution >= 0.6 is 0 Å². The third kappa shape index (κ3) is 4.39. The zero-order valence-electron chi connectivity index (χ0n) is 6.69. The predicted molar refractivity (Wildman–Crippen MR) is 37.4 cm³/mol. The van der Waals surface area contributed by atoms with Gasteiger partial charge in [-0.15, -0.1) is 0 Å². The smallest absolute Gasteiger partial charge is 0.128 e. The fourth-order valence-electron chi connectivity index (χ4n) is 0.968. The molecule has 0 heterocycles. The molecule has 0 aromatic carbocycles. The van der Waals surface area contributed by atoms with Crippen molar-refractivity contribution in [3.05, 3.63) is 0 Å². The SMILES string of the molecule is C[N+](C)(CC[NH3+])CC[NH3+]. The summed E-state index contributed by atoms with van der Waals surface area (Å²) in [6.45, 7) is 4.37. The molecule has 0 fully saturated rings. The maximum Gasteiger partial charge on any atom is 0.128 e. The van der Waals surface area contributed by atoms with Crippen LogP contribution < -0.4 is 11.5 Å². The number of rotatable bonds is 4. The van der Waals surface area contributed by atoms with Crippen molar-refractivity contribution in [2.75, 3.05) is 40.3 Å². The Bertz CT molecular complexity index is 62.7. The molecule has 9 heavy (non-hydrogen) atoms. The summed E-state index contributed by atoms with van der Waals surface area (Å²) in [6.07, 6.45) is 0. The Hall–Kier alpha value is -0.120. The van der Waals surface area contributed by atoms with Gasteiger partial charge in [0, 0.05) is 0 Å².